The molecule has 0 spiro atoms. The van der Waals surface area contributed by atoms with E-state index in [1.807, 2.05) is 11.9 Å². The molecule has 3 aliphatic rings. The summed E-state index contributed by atoms with van der Waals surface area (Å²) in [5.41, 5.74) is -2.05. The summed E-state index contributed by atoms with van der Waals surface area (Å²) in [6.07, 6.45) is 8.89. The molecule has 3 fully saturated rings. The van der Waals surface area contributed by atoms with E-state index in [9.17, 15) is 13.9 Å². The van der Waals surface area contributed by atoms with Gasteiger partial charge < -0.3 is 14.7 Å². The Morgan fingerprint density at radius 2 is 2.00 bits per heavy atom. The number of phenolic OH excluding ortho intramolecular Hbond substituents is 1. The van der Waals surface area contributed by atoms with Crippen molar-refractivity contribution in [3.05, 3.63) is 47.4 Å². The predicted molar refractivity (Wildman–Crippen MR) is 177 cm³/mol. The fourth-order valence-electron chi connectivity index (χ4n) is 7.81. The van der Waals surface area contributed by atoms with E-state index in [2.05, 4.69) is 32.6 Å². The van der Waals surface area contributed by atoms with Gasteiger partial charge in [0.15, 0.2) is 0 Å². The normalized spacial score (nSPS) is 23.6. The van der Waals surface area contributed by atoms with Gasteiger partial charge in [0.2, 0.25) is 0 Å². The van der Waals surface area contributed by atoms with Crippen LogP contribution in [0, 0.1) is 18.2 Å². The molecule has 3 aliphatic heterocycles. The van der Waals surface area contributed by atoms with Crippen LogP contribution in [0.5, 0.6) is 11.8 Å². The van der Waals surface area contributed by atoms with Crippen molar-refractivity contribution in [2.24, 2.45) is 0 Å². The SMILES string of the molecule is C#Cc1c(F)ccc2cc(O)cc(-c3ncc4c(N5CCN(C)C(CC)C5)nc(OC[C@]56CCCN5C[C@@H](F)C6)nc4c3C(F)(F)Cl)c12. The number of phenols is 1. The van der Waals surface area contributed by atoms with Gasteiger partial charge in [-0.3, -0.25) is 14.8 Å². The minimum Gasteiger partial charge on any atom is -0.508 e. The van der Waals surface area contributed by atoms with Crippen LogP contribution in [-0.2, 0) is 5.38 Å². The second kappa shape index (κ2) is 12.2. The summed E-state index contributed by atoms with van der Waals surface area (Å²) in [7, 11) is 2.04. The Bertz CT molecular complexity index is 1950. The van der Waals surface area contributed by atoms with Crippen LogP contribution in [0.2, 0.25) is 0 Å². The first-order chi connectivity index (χ1) is 22.9. The fourth-order valence-corrected chi connectivity index (χ4v) is 7.99. The molecule has 7 rings (SSSR count). The summed E-state index contributed by atoms with van der Waals surface area (Å²) in [5, 5.41) is 7.25. The third-order valence-corrected chi connectivity index (χ3v) is 10.4. The number of hydrogen-bond donors (Lipinski definition) is 1. The number of nitrogens with zero attached hydrogens (tertiary/aromatic N) is 6. The van der Waals surface area contributed by atoms with Gasteiger partial charge in [0.05, 0.1) is 33.3 Å². The number of benzene rings is 2. The van der Waals surface area contributed by atoms with E-state index in [4.69, 9.17) is 27.7 Å². The molecule has 2 aromatic heterocycles. The van der Waals surface area contributed by atoms with E-state index in [-0.39, 0.29) is 57.5 Å². The number of hydrogen-bond acceptors (Lipinski definition) is 8. The van der Waals surface area contributed by atoms with E-state index in [0.29, 0.717) is 43.8 Å². The molecular formula is C35H35ClF4N6O2. The van der Waals surface area contributed by atoms with Gasteiger partial charge in [-0.1, -0.05) is 18.9 Å². The number of likely N-dealkylation sites (N-methyl/N-ethyl adjacent to an activating group) is 1. The summed E-state index contributed by atoms with van der Waals surface area (Å²) in [4.78, 5) is 20.1. The van der Waals surface area contributed by atoms with Crippen molar-refractivity contribution in [2.45, 2.75) is 55.7 Å². The van der Waals surface area contributed by atoms with Crippen LogP contribution in [0.25, 0.3) is 32.9 Å². The predicted octanol–water partition coefficient (Wildman–Crippen LogP) is 6.44. The molecule has 8 nitrogen and oxygen atoms in total. The topological polar surface area (TPSA) is 77.9 Å². The van der Waals surface area contributed by atoms with Gasteiger partial charge in [-0.05, 0) is 68.0 Å². The maximum absolute atomic E-state index is 15.8. The standard InChI is InChI=1S/C35H35ClF4N6O2/c1-4-22-18-45(12-11-44(22)3)32-26-16-41-30(25-14-23(47)13-20-7-8-27(38)24(5-2)28(20)25)29(35(36,39)40)31(26)42-33(43-32)48-19-34-9-6-10-46(34)17-21(37)15-34/h2,7-8,13-14,16,21-22,47H,4,6,9-12,15,17-19H2,1,3H3/t21-,22?,34+/m0/s1. The average Bonchev–Trinajstić information content (AvgIpc) is 3.58. The van der Waals surface area contributed by atoms with Crippen LogP contribution in [0.1, 0.15) is 43.7 Å². The third kappa shape index (κ3) is 5.55. The zero-order chi connectivity index (χ0) is 34.0. The molecule has 48 heavy (non-hydrogen) atoms. The van der Waals surface area contributed by atoms with Crippen molar-refractivity contribution in [3.8, 4) is 35.4 Å². The van der Waals surface area contributed by atoms with Crippen molar-refractivity contribution < 1.29 is 27.4 Å². The van der Waals surface area contributed by atoms with E-state index in [0.717, 1.165) is 31.9 Å². The molecule has 0 bridgehead atoms. The Kier molecular flexibility index (Phi) is 8.29. The Balaban J connectivity index is 1.45. The average molecular weight is 683 g/mol. The summed E-state index contributed by atoms with van der Waals surface area (Å²) < 4.78 is 67.3. The summed E-state index contributed by atoms with van der Waals surface area (Å²) in [5.74, 6) is 1.66. The molecule has 4 aromatic rings. The molecule has 1 N–H and O–H groups in total. The number of aromatic nitrogens is 3. The number of pyridine rings is 1. The lowest BCUT2D eigenvalue weighted by Crippen LogP contribution is -2.51. The monoisotopic (exact) mass is 682 g/mol. The molecule has 13 heteroatoms. The van der Waals surface area contributed by atoms with Crippen LogP contribution in [-0.4, -0.2) is 94.0 Å². The molecule has 252 valence electrons. The second-order valence-corrected chi connectivity index (χ2v) is 13.6. The molecule has 1 unspecified atom stereocenters. The number of piperazine rings is 1. The number of alkyl halides is 4. The molecular weight excluding hydrogens is 648 g/mol. The second-order valence-electron chi connectivity index (χ2n) is 13.1. The molecule has 0 radical (unpaired) electrons. The van der Waals surface area contributed by atoms with Crippen LogP contribution in [0.3, 0.4) is 0 Å². The van der Waals surface area contributed by atoms with E-state index in [1.165, 1.54) is 24.4 Å². The Morgan fingerprint density at radius 1 is 1.19 bits per heavy atom. The number of terminal acetylenes is 1. The molecule has 3 atom stereocenters. The molecule has 0 saturated carbocycles. The maximum Gasteiger partial charge on any atom is 0.352 e. The highest BCUT2D eigenvalue weighted by Gasteiger charge is 2.49. The van der Waals surface area contributed by atoms with Crippen molar-refractivity contribution >= 4 is 39.1 Å². The van der Waals surface area contributed by atoms with Crippen LogP contribution in [0.4, 0.5) is 23.4 Å². The zero-order valence-corrected chi connectivity index (χ0v) is 27.4. The van der Waals surface area contributed by atoms with E-state index in [1.54, 1.807) is 0 Å². The largest absolute Gasteiger partial charge is 0.508 e. The van der Waals surface area contributed by atoms with Gasteiger partial charge in [-0.25, -0.2) is 8.78 Å². The summed E-state index contributed by atoms with van der Waals surface area (Å²) in [6.45, 7) is 5.07. The number of fused-ring (bicyclic) bond motifs is 3. The van der Waals surface area contributed by atoms with Crippen LogP contribution >= 0.6 is 11.6 Å². The van der Waals surface area contributed by atoms with Crippen LogP contribution < -0.4 is 9.64 Å². The quantitative estimate of drug-likeness (QED) is 0.136. The third-order valence-electron chi connectivity index (χ3n) is 10.2. The lowest BCUT2D eigenvalue weighted by atomic mass is 9.93. The number of rotatable bonds is 7. The molecule has 3 saturated heterocycles. The number of anilines is 1. The highest BCUT2D eigenvalue weighted by atomic mass is 35.5. The van der Waals surface area contributed by atoms with Crippen molar-refractivity contribution in [1.29, 1.82) is 0 Å². The number of ether oxygens (including phenoxy) is 1. The lowest BCUT2D eigenvalue weighted by molar-refractivity contribution is 0.0965. The molecule has 2 aromatic carbocycles. The molecule has 5 heterocycles. The first kappa shape index (κ1) is 32.6. The van der Waals surface area contributed by atoms with Gasteiger partial charge in [-0.2, -0.15) is 18.7 Å². The fraction of sp³-hybridized carbons (Fsp3) is 0.457. The van der Waals surface area contributed by atoms with Crippen LogP contribution in [0.15, 0.2) is 30.5 Å². The summed E-state index contributed by atoms with van der Waals surface area (Å²) >= 11 is 5.89. The van der Waals surface area contributed by atoms with Crippen molar-refractivity contribution in [2.75, 3.05) is 51.3 Å². The zero-order valence-electron chi connectivity index (χ0n) is 26.6. The first-order valence-electron chi connectivity index (χ1n) is 16.1. The first-order valence-corrected chi connectivity index (χ1v) is 16.5. The Labute approximate surface area is 280 Å². The van der Waals surface area contributed by atoms with Gasteiger partial charge in [0.25, 0.3) is 0 Å². The Hall–Kier alpha value is -3.92. The smallest absolute Gasteiger partial charge is 0.352 e. The molecule has 0 amide bonds. The summed E-state index contributed by atoms with van der Waals surface area (Å²) in [6, 6.07) is 5.14. The minimum absolute atomic E-state index is 0.0385. The van der Waals surface area contributed by atoms with Gasteiger partial charge in [0.1, 0.15) is 30.2 Å². The van der Waals surface area contributed by atoms with Gasteiger partial charge in [0, 0.05) is 55.8 Å². The Morgan fingerprint density at radius 3 is 2.75 bits per heavy atom. The number of halogens is 5. The highest BCUT2D eigenvalue weighted by Crippen LogP contribution is 2.47. The minimum atomic E-state index is -4.03. The van der Waals surface area contributed by atoms with Gasteiger partial charge >= 0.3 is 11.4 Å². The lowest BCUT2D eigenvalue weighted by Gasteiger charge is -2.40. The van der Waals surface area contributed by atoms with E-state index >= 15 is 8.78 Å². The number of aromatic hydroxyl groups is 1. The highest BCUT2D eigenvalue weighted by molar-refractivity contribution is 6.23. The molecule has 0 aliphatic carbocycles. The maximum atomic E-state index is 15.8. The van der Waals surface area contributed by atoms with Gasteiger partial charge in [-0.15, -0.1) is 6.42 Å². The van der Waals surface area contributed by atoms with E-state index < -0.39 is 28.5 Å². The van der Waals surface area contributed by atoms with Crippen molar-refractivity contribution in [3.63, 3.8) is 0 Å². The van der Waals surface area contributed by atoms with Crippen molar-refractivity contribution in [1.82, 2.24) is 24.8 Å².